The summed E-state index contributed by atoms with van der Waals surface area (Å²) in [4.78, 5) is 40.0. The number of amides is 1. The number of carbonyl (C=O) groups is 3. The van der Waals surface area contributed by atoms with Crippen molar-refractivity contribution in [2.75, 3.05) is 43.6 Å². The zero-order valence-electron chi connectivity index (χ0n) is 24.4. The number of nitrogens with one attached hydrogen (secondary N) is 1. The first-order valence-electron chi connectivity index (χ1n) is 14.6. The van der Waals surface area contributed by atoms with Crippen LogP contribution in [0, 0.1) is 23.2 Å². The van der Waals surface area contributed by atoms with Crippen LogP contribution in [0.3, 0.4) is 0 Å². The number of aromatic carboxylic acids is 1. The molecule has 1 heterocycles. The third kappa shape index (κ3) is 6.71. The lowest BCUT2D eigenvalue weighted by Crippen LogP contribution is -2.48. The van der Waals surface area contributed by atoms with Gasteiger partial charge in [-0.05, 0) is 73.6 Å². The number of esters is 1. The SMILES string of the molecule is COC(=O)[C@@]12C=C[C@@H](CC(=O)Nc3ccc(N4CCOCC4)cc3)C[C@@H]1CC(C)=C[C@H]2/C=C(\Cl)c1ccc(C(=O)O)cc1. The number of carboxylic acid groups (broad SMARTS) is 1. The van der Waals surface area contributed by atoms with Gasteiger partial charge >= 0.3 is 11.9 Å². The molecule has 1 saturated heterocycles. The molecule has 0 bridgehead atoms. The quantitative estimate of drug-likeness (QED) is 0.275. The van der Waals surface area contributed by atoms with Crippen LogP contribution in [0.5, 0.6) is 0 Å². The molecule has 3 aliphatic rings. The van der Waals surface area contributed by atoms with E-state index >= 15 is 0 Å². The maximum absolute atomic E-state index is 13.5. The maximum Gasteiger partial charge on any atom is 0.335 e. The zero-order chi connectivity index (χ0) is 30.6. The highest BCUT2D eigenvalue weighted by atomic mass is 35.5. The van der Waals surface area contributed by atoms with Gasteiger partial charge in [0.05, 0.1) is 31.3 Å². The Morgan fingerprint density at radius 3 is 2.42 bits per heavy atom. The van der Waals surface area contributed by atoms with Crippen molar-refractivity contribution in [2.24, 2.45) is 23.2 Å². The van der Waals surface area contributed by atoms with Crippen LogP contribution in [0.2, 0.25) is 0 Å². The third-order valence-corrected chi connectivity index (χ3v) is 9.08. The Kier molecular flexibility index (Phi) is 9.37. The van der Waals surface area contributed by atoms with Gasteiger partial charge in [-0.3, -0.25) is 9.59 Å². The molecule has 4 atom stereocenters. The average Bonchev–Trinajstić information content (AvgIpc) is 3.01. The van der Waals surface area contributed by atoms with Gasteiger partial charge in [0.25, 0.3) is 0 Å². The number of nitrogens with zero attached hydrogens (tertiary/aromatic N) is 1. The Bertz CT molecular complexity index is 1440. The summed E-state index contributed by atoms with van der Waals surface area (Å²) in [5.41, 5.74) is 2.86. The van der Waals surface area contributed by atoms with E-state index in [4.69, 9.17) is 21.1 Å². The van der Waals surface area contributed by atoms with Crippen molar-refractivity contribution in [3.63, 3.8) is 0 Å². The first-order chi connectivity index (χ1) is 20.7. The van der Waals surface area contributed by atoms with Gasteiger partial charge in [0.1, 0.15) is 0 Å². The summed E-state index contributed by atoms with van der Waals surface area (Å²) in [5, 5.41) is 12.7. The summed E-state index contributed by atoms with van der Waals surface area (Å²) in [6.07, 6.45) is 9.45. The maximum atomic E-state index is 13.5. The lowest BCUT2D eigenvalue weighted by atomic mass is 9.56. The van der Waals surface area contributed by atoms with Gasteiger partial charge in [-0.1, -0.05) is 53.6 Å². The molecule has 0 saturated carbocycles. The van der Waals surface area contributed by atoms with Crippen molar-refractivity contribution in [1.82, 2.24) is 0 Å². The van der Waals surface area contributed by atoms with E-state index in [-0.39, 0.29) is 35.2 Å². The van der Waals surface area contributed by atoms with E-state index in [0.717, 1.165) is 30.0 Å². The molecule has 2 aromatic rings. The summed E-state index contributed by atoms with van der Waals surface area (Å²) in [6, 6.07) is 14.2. The first-order valence-corrected chi connectivity index (χ1v) is 15.0. The van der Waals surface area contributed by atoms with Crippen molar-refractivity contribution in [3.8, 4) is 0 Å². The number of benzene rings is 2. The summed E-state index contributed by atoms with van der Waals surface area (Å²) < 4.78 is 10.8. The van der Waals surface area contributed by atoms with Crippen LogP contribution in [0.1, 0.15) is 42.1 Å². The first kappa shape index (κ1) is 30.6. The number of allylic oxidation sites excluding steroid dienone is 4. The lowest BCUT2D eigenvalue weighted by Gasteiger charge is -2.47. The van der Waals surface area contributed by atoms with Crippen LogP contribution < -0.4 is 10.2 Å². The highest BCUT2D eigenvalue weighted by molar-refractivity contribution is 6.48. The fourth-order valence-corrected chi connectivity index (χ4v) is 6.81. The van der Waals surface area contributed by atoms with Crippen LogP contribution in [0.25, 0.3) is 5.03 Å². The second kappa shape index (κ2) is 13.2. The van der Waals surface area contributed by atoms with Gasteiger partial charge in [-0.25, -0.2) is 4.79 Å². The predicted molar refractivity (Wildman–Crippen MR) is 167 cm³/mol. The molecule has 8 nitrogen and oxygen atoms in total. The van der Waals surface area contributed by atoms with E-state index in [0.29, 0.717) is 43.1 Å². The topological polar surface area (TPSA) is 105 Å². The predicted octanol–water partition coefficient (Wildman–Crippen LogP) is 6.15. The molecule has 226 valence electrons. The van der Waals surface area contributed by atoms with E-state index in [9.17, 15) is 19.5 Å². The largest absolute Gasteiger partial charge is 0.478 e. The van der Waals surface area contributed by atoms with E-state index in [1.807, 2.05) is 49.4 Å². The van der Waals surface area contributed by atoms with Crippen molar-refractivity contribution in [2.45, 2.75) is 26.2 Å². The number of rotatable bonds is 8. The summed E-state index contributed by atoms with van der Waals surface area (Å²) in [5.74, 6) is -1.92. The molecule has 43 heavy (non-hydrogen) atoms. The molecule has 0 unspecified atom stereocenters. The van der Waals surface area contributed by atoms with Crippen LogP contribution in [-0.2, 0) is 19.1 Å². The standard InChI is InChI=1S/C34H37ClN2O6/c1-22-17-26-19-23(20-31(38)36-28-7-9-29(10-8-28)37-13-15-43-16-14-37)11-12-34(26,33(41)42-2)27(18-22)21-30(35)24-3-5-25(6-4-24)32(39)40/h3-12,18,21,23,26-27H,13-17,19-20H2,1-2H3,(H,36,38)(H,39,40)/b30-21-/t23-,26+,27+,34+/m1/s1. The minimum Gasteiger partial charge on any atom is -0.478 e. The molecule has 1 amide bonds. The molecular weight excluding hydrogens is 568 g/mol. The van der Waals surface area contributed by atoms with E-state index < -0.39 is 11.4 Å². The molecule has 2 N–H and O–H groups in total. The Balaban J connectivity index is 1.31. The smallest absolute Gasteiger partial charge is 0.335 e. The molecule has 1 aliphatic heterocycles. The normalized spacial score (nSPS) is 25.4. The average molecular weight is 605 g/mol. The number of hydrogen-bond donors (Lipinski definition) is 2. The van der Waals surface area contributed by atoms with E-state index in [2.05, 4.69) is 16.3 Å². The number of morpholine rings is 1. The Morgan fingerprint density at radius 1 is 1.09 bits per heavy atom. The summed E-state index contributed by atoms with van der Waals surface area (Å²) in [6.45, 7) is 5.18. The second-order valence-corrected chi connectivity index (χ2v) is 11.9. The fraction of sp³-hybridized carbons (Fsp3) is 0.382. The van der Waals surface area contributed by atoms with Crippen molar-refractivity contribution < 1.29 is 29.0 Å². The molecule has 0 aromatic heterocycles. The lowest BCUT2D eigenvalue weighted by molar-refractivity contribution is -0.155. The number of anilines is 2. The number of carbonyl (C=O) groups excluding carboxylic acids is 2. The van der Waals surface area contributed by atoms with Gasteiger partial charge in [-0.2, -0.15) is 0 Å². The molecular formula is C34H37ClN2O6. The van der Waals surface area contributed by atoms with Gasteiger partial charge in [0.15, 0.2) is 0 Å². The highest BCUT2D eigenvalue weighted by Crippen LogP contribution is 2.53. The van der Waals surface area contributed by atoms with Gasteiger partial charge < -0.3 is 24.8 Å². The molecule has 0 radical (unpaired) electrons. The number of carboxylic acids is 1. The van der Waals surface area contributed by atoms with Gasteiger partial charge in [-0.15, -0.1) is 0 Å². The van der Waals surface area contributed by atoms with Gasteiger partial charge in [0.2, 0.25) is 5.91 Å². The number of halogens is 1. The minimum atomic E-state index is -1.01. The molecule has 5 rings (SSSR count). The second-order valence-electron chi connectivity index (χ2n) is 11.5. The summed E-state index contributed by atoms with van der Waals surface area (Å²) in [7, 11) is 1.39. The molecule has 0 spiro atoms. The Morgan fingerprint density at radius 2 is 1.77 bits per heavy atom. The van der Waals surface area contributed by atoms with Crippen molar-refractivity contribution in [1.29, 1.82) is 0 Å². The number of ether oxygens (including phenoxy) is 2. The number of methoxy groups -OCH3 is 1. The fourth-order valence-electron chi connectivity index (χ4n) is 6.55. The van der Waals surface area contributed by atoms with Crippen molar-refractivity contribution >= 4 is 45.9 Å². The van der Waals surface area contributed by atoms with Crippen LogP contribution in [-0.4, -0.2) is 56.4 Å². The Hall–Kier alpha value is -3.88. The monoisotopic (exact) mass is 604 g/mol. The van der Waals surface area contributed by atoms with Crippen molar-refractivity contribution in [3.05, 3.63) is 89.5 Å². The highest BCUT2D eigenvalue weighted by Gasteiger charge is 2.53. The third-order valence-electron chi connectivity index (χ3n) is 8.74. The Labute approximate surface area is 257 Å². The molecule has 2 aromatic carbocycles. The van der Waals surface area contributed by atoms with Crippen LogP contribution in [0.4, 0.5) is 11.4 Å². The van der Waals surface area contributed by atoms with E-state index in [1.54, 1.807) is 12.1 Å². The van der Waals surface area contributed by atoms with Crippen LogP contribution in [0.15, 0.2) is 78.4 Å². The molecule has 1 fully saturated rings. The number of fused-ring (bicyclic) bond motifs is 1. The molecule has 2 aliphatic carbocycles. The van der Waals surface area contributed by atoms with Gasteiger partial charge in [0, 0.05) is 41.8 Å². The van der Waals surface area contributed by atoms with Crippen LogP contribution >= 0.6 is 11.6 Å². The zero-order valence-corrected chi connectivity index (χ0v) is 25.2. The number of hydrogen-bond acceptors (Lipinski definition) is 6. The molecule has 9 heteroatoms. The summed E-state index contributed by atoms with van der Waals surface area (Å²) >= 11 is 6.74. The van der Waals surface area contributed by atoms with E-state index in [1.165, 1.54) is 19.2 Å². The minimum absolute atomic E-state index is 0.0371.